The maximum atomic E-state index is 12.5. The van der Waals surface area contributed by atoms with E-state index in [1.165, 1.54) is 4.57 Å². The molecule has 0 amide bonds. The minimum atomic E-state index is -0.343. The Morgan fingerprint density at radius 2 is 1.93 bits per heavy atom. The van der Waals surface area contributed by atoms with E-state index in [0.717, 1.165) is 33.6 Å². The first kappa shape index (κ1) is 19.9. The van der Waals surface area contributed by atoms with Gasteiger partial charge in [-0.1, -0.05) is 24.3 Å². The standard InChI is InChI=1S/C23H24N4O3/c1-2-29-10-11-30-20-5-3-4-17(12-20)21-13-18-15-27(23(28)26-22(18)25-21)19-8-6-16(14-24)7-9-19/h3-9,12-13,15H,2,10-11,14,24H2,1H3,(H,25,26,28). The van der Waals surface area contributed by atoms with Crippen LogP contribution in [-0.4, -0.2) is 34.4 Å². The summed E-state index contributed by atoms with van der Waals surface area (Å²) >= 11 is 0. The van der Waals surface area contributed by atoms with Gasteiger partial charge in [0, 0.05) is 36.0 Å². The van der Waals surface area contributed by atoms with Crippen molar-refractivity contribution >= 4 is 11.0 Å². The van der Waals surface area contributed by atoms with Crippen molar-refractivity contribution in [1.29, 1.82) is 0 Å². The monoisotopic (exact) mass is 404 g/mol. The Kier molecular flexibility index (Phi) is 5.92. The number of nitrogens with zero attached hydrogens (tertiary/aromatic N) is 2. The molecular weight excluding hydrogens is 380 g/mol. The van der Waals surface area contributed by atoms with Crippen molar-refractivity contribution in [2.24, 2.45) is 5.73 Å². The summed E-state index contributed by atoms with van der Waals surface area (Å²) in [7, 11) is 0. The van der Waals surface area contributed by atoms with E-state index >= 15 is 0 Å². The minimum absolute atomic E-state index is 0.343. The van der Waals surface area contributed by atoms with Gasteiger partial charge in [0.25, 0.3) is 0 Å². The summed E-state index contributed by atoms with van der Waals surface area (Å²) in [6.07, 6.45) is 1.80. The zero-order valence-corrected chi connectivity index (χ0v) is 16.8. The van der Waals surface area contributed by atoms with Gasteiger partial charge in [-0.2, -0.15) is 4.98 Å². The molecule has 0 unspecified atom stereocenters. The van der Waals surface area contributed by atoms with Gasteiger partial charge in [-0.25, -0.2) is 4.79 Å². The van der Waals surface area contributed by atoms with Gasteiger partial charge in [0.2, 0.25) is 0 Å². The van der Waals surface area contributed by atoms with Crippen LogP contribution >= 0.6 is 0 Å². The van der Waals surface area contributed by atoms with E-state index in [1.807, 2.05) is 61.5 Å². The lowest BCUT2D eigenvalue weighted by Gasteiger charge is -2.07. The van der Waals surface area contributed by atoms with Crippen molar-refractivity contribution in [2.45, 2.75) is 13.5 Å². The molecule has 2 aromatic heterocycles. The second kappa shape index (κ2) is 8.94. The van der Waals surface area contributed by atoms with Crippen molar-refractivity contribution in [3.05, 3.63) is 76.8 Å². The minimum Gasteiger partial charge on any atom is -0.491 e. The molecule has 0 bridgehead atoms. The molecular formula is C23H24N4O3. The van der Waals surface area contributed by atoms with Gasteiger partial charge >= 0.3 is 5.69 Å². The molecule has 3 N–H and O–H groups in total. The molecule has 0 aliphatic rings. The van der Waals surface area contributed by atoms with E-state index in [9.17, 15) is 4.79 Å². The first-order valence-electron chi connectivity index (χ1n) is 9.90. The summed E-state index contributed by atoms with van der Waals surface area (Å²) in [5.41, 5.74) is 9.43. The van der Waals surface area contributed by atoms with E-state index < -0.39 is 0 Å². The molecule has 0 spiro atoms. The van der Waals surface area contributed by atoms with E-state index in [-0.39, 0.29) is 5.69 Å². The van der Waals surface area contributed by atoms with Gasteiger partial charge in [0.05, 0.1) is 12.3 Å². The van der Waals surface area contributed by atoms with Gasteiger partial charge in [0.1, 0.15) is 18.0 Å². The fourth-order valence-corrected chi connectivity index (χ4v) is 3.24. The molecule has 0 atom stereocenters. The normalized spacial score (nSPS) is 11.1. The van der Waals surface area contributed by atoms with Crippen LogP contribution in [0.1, 0.15) is 12.5 Å². The van der Waals surface area contributed by atoms with Crippen LogP contribution in [-0.2, 0) is 11.3 Å². The number of nitrogens with one attached hydrogen (secondary N) is 1. The van der Waals surface area contributed by atoms with Crippen LogP contribution in [0.4, 0.5) is 0 Å². The van der Waals surface area contributed by atoms with Crippen LogP contribution < -0.4 is 16.2 Å². The smallest absolute Gasteiger partial charge is 0.354 e. The molecule has 30 heavy (non-hydrogen) atoms. The third-order valence-electron chi connectivity index (χ3n) is 4.80. The zero-order chi connectivity index (χ0) is 20.9. The topological polar surface area (TPSA) is 95.2 Å². The Morgan fingerprint density at radius 3 is 2.70 bits per heavy atom. The molecule has 0 aliphatic heterocycles. The van der Waals surface area contributed by atoms with Crippen LogP contribution in [0.25, 0.3) is 28.0 Å². The zero-order valence-electron chi connectivity index (χ0n) is 16.8. The van der Waals surface area contributed by atoms with Gasteiger partial charge in [-0.15, -0.1) is 0 Å². The van der Waals surface area contributed by atoms with Crippen LogP contribution in [0, 0.1) is 0 Å². The SMILES string of the molecule is CCOCCOc1cccc(-c2cc3cn(-c4ccc(CN)cc4)c(=O)nc3[nH]2)c1. The van der Waals surface area contributed by atoms with E-state index in [1.54, 1.807) is 6.20 Å². The first-order valence-corrected chi connectivity index (χ1v) is 9.90. The van der Waals surface area contributed by atoms with Crippen LogP contribution in [0.5, 0.6) is 5.75 Å². The number of nitrogens with two attached hydrogens (primary N) is 1. The van der Waals surface area contributed by atoms with Crippen LogP contribution in [0.15, 0.2) is 65.6 Å². The lowest BCUT2D eigenvalue weighted by Crippen LogP contribution is -2.20. The number of hydrogen-bond acceptors (Lipinski definition) is 5. The van der Waals surface area contributed by atoms with Crippen molar-refractivity contribution < 1.29 is 9.47 Å². The van der Waals surface area contributed by atoms with Crippen molar-refractivity contribution in [1.82, 2.24) is 14.5 Å². The molecule has 154 valence electrons. The molecule has 4 rings (SSSR count). The lowest BCUT2D eigenvalue weighted by atomic mass is 10.1. The van der Waals surface area contributed by atoms with Gasteiger partial charge < -0.3 is 20.2 Å². The average Bonchev–Trinajstić information content (AvgIpc) is 3.19. The fraction of sp³-hybridized carbons (Fsp3) is 0.217. The molecule has 0 aliphatic carbocycles. The van der Waals surface area contributed by atoms with E-state index in [2.05, 4.69) is 9.97 Å². The summed E-state index contributed by atoms with van der Waals surface area (Å²) in [5, 5.41) is 0.843. The summed E-state index contributed by atoms with van der Waals surface area (Å²) in [6.45, 7) is 4.13. The molecule has 4 aromatic rings. The number of H-pyrrole nitrogens is 1. The second-order valence-electron chi connectivity index (χ2n) is 6.82. The molecule has 0 saturated heterocycles. The number of aromatic nitrogens is 3. The molecule has 7 nitrogen and oxygen atoms in total. The highest BCUT2D eigenvalue weighted by molar-refractivity contribution is 5.82. The number of rotatable bonds is 8. The first-order chi connectivity index (χ1) is 14.7. The summed E-state index contributed by atoms with van der Waals surface area (Å²) in [6, 6.07) is 17.3. The Labute approximate surface area is 174 Å². The number of ether oxygens (including phenoxy) is 2. The Morgan fingerprint density at radius 1 is 1.10 bits per heavy atom. The molecule has 7 heteroatoms. The molecule has 0 fully saturated rings. The van der Waals surface area contributed by atoms with Gasteiger partial charge in [-0.3, -0.25) is 4.57 Å². The van der Waals surface area contributed by atoms with E-state index in [0.29, 0.717) is 32.0 Å². The maximum absolute atomic E-state index is 12.5. The predicted molar refractivity (Wildman–Crippen MR) is 117 cm³/mol. The molecule has 0 radical (unpaired) electrons. The predicted octanol–water partition coefficient (Wildman–Crippen LogP) is 3.25. The van der Waals surface area contributed by atoms with Crippen LogP contribution in [0.3, 0.4) is 0 Å². The lowest BCUT2D eigenvalue weighted by molar-refractivity contribution is 0.110. The number of fused-ring (bicyclic) bond motifs is 1. The quantitative estimate of drug-likeness (QED) is 0.440. The second-order valence-corrected chi connectivity index (χ2v) is 6.82. The van der Waals surface area contributed by atoms with Crippen molar-refractivity contribution in [2.75, 3.05) is 19.8 Å². The molecule has 2 aromatic carbocycles. The Bertz CT molecular complexity index is 1200. The van der Waals surface area contributed by atoms with E-state index in [4.69, 9.17) is 15.2 Å². The fourth-order valence-electron chi connectivity index (χ4n) is 3.24. The maximum Gasteiger partial charge on any atom is 0.354 e. The van der Waals surface area contributed by atoms with Gasteiger partial charge in [-0.05, 0) is 42.8 Å². The Hall–Kier alpha value is -3.42. The number of benzene rings is 2. The molecule has 0 saturated carbocycles. The number of hydrogen-bond donors (Lipinski definition) is 2. The van der Waals surface area contributed by atoms with Crippen molar-refractivity contribution in [3.8, 4) is 22.7 Å². The largest absolute Gasteiger partial charge is 0.491 e. The summed E-state index contributed by atoms with van der Waals surface area (Å²) in [4.78, 5) is 20.0. The Balaban J connectivity index is 1.63. The highest BCUT2D eigenvalue weighted by Crippen LogP contribution is 2.26. The number of aromatic amines is 1. The van der Waals surface area contributed by atoms with Crippen LogP contribution in [0.2, 0.25) is 0 Å². The third kappa shape index (κ3) is 4.27. The van der Waals surface area contributed by atoms with Gasteiger partial charge in [0.15, 0.2) is 0 Å². The molecule has 2 heterocycles. The third-order valence-corrected chi connectivity index (χ3v) is 4.80. The summed E-state index contributed by atoms with van der Waals surface area (Å²) in [5.74, 6) is 0.762. The summed E-state index contributed by atoms with van der Waals surface area (Å²) < 4.78 is 12.6. The highest BCUT2D eigenvalue weighted by Gasteiger charge is 2.09. The van der Waals surface area contributed by atoms with Crippen molar-refractivity contribution in [3.63, 3.8) is 0 Å². The average molecular weight is 404 g/mol. The highest BCUT2D eigenvalue weighted by atomic mass is 16.5.